The number of amides is 1. The van der Waals surface area contributed by atoms with Gasteiger partial charge in [0.15, 0.2) is 0 Å². The van der Waals surface area contributed by atoms with E-state index in [0.717, 1.165) is 34.6 Å². The van der Waals surface area contributed by atoms with Gasteiger partial charge in [0.1, 0.15) is 11.7 Å². The molecule has 1 aromatic carbocycles. The maximum atomic E-state index is 11.8. The second-order valence-electron chi connectivity index (χ2n) is 5.81. The molecule has 1 fully saturated rings. The van der Waals surface area contributed by atoms with Gasteiger partial charge in [-0.25, -0.2) is 4.98 Å². The van der Waals surface area contributed by atoms with Crippen LogP contribution in [0.3, 0.4) is 0 Å². The van der Waals surface area contributed by atoms with E-state index in [2.05, 4.69) is 14.3 Å². The average Bonchev–Trinajstić information content (AvgIpc) is 3.05. The molecule has 8 heteroatoms. The van der Waals surface area contributed by atoms with Crippen molar-refractivity contribution < 1.29 is 4.79 Å². The van der Waals surface area contributed by atoms with Crippen molar-refractivity contribution in [3.05, 3.63) is 40.7 Å². The van der Waals surface area contributed by atoms with Crippen LogP contribution >= 0.6 is 34.7 Å². The van der Waals surface area contributed by atoms with Crippen LogP contribution < -0.4 is 4.90 Å². The van der Waals surface area contributed by atoms with Gasteiger partial charge in [0.05, 0.1) is 0 Å². The van der Waals surface area contributed by atoms with Crippen LogP contribution in [0.15, 0.2) is 24.3 Å². The van der Waals surface area contributed by atoms with Crippen molar-refractivity contribution in [2.75, 3.05) is 30.4 Å². The molecule has 0 bridgehead atoms. The summed E-state index contributed by atoms with van der Waals surface area (Å²) >= 11 is 13.0. The maximum Gasteiger partial charge on any atom is 0.237 e. The maximum absolute atomic E-state index is 11.8. The minimum absolute atomic E-state index is 0.00971. The third kappa shape index (κ3) is 3.99. The first-order valence-electron chi connectivity index (χ1n) is 7.74. The van der Waals surface area contributed by atoms with Gasteiger partial charge in [-0.15, -0.1) is 11.6 Å². The van der Waals surface area contributed by atoms with E-state index in [0.29, 0.717) is 13.0 Å². The van der Waals surface area contributed by atoms with Gasteiger partial charge in [0.2, 0.25) is 11.0 Å². The Labute approximate surface area is 155 Å². The SMILES string of the molecule is C[C@H]1CN(c2nc(Cc3ccc(Cl)cc3)ns2)CCN1C(=O)CCl. The summed E-state index contributed by atoms with van der Waals surface area (Å²) < 4.78 is 4.46. The number of halogens is 2. The largest absolute Gasteiger partial charge is 0.343 e. The lowest BCUT2D eigenvalue weighted by atomic mass is 10.1. The minimum atomic E-state index is -0.00971. The first-order valence-corrected chi connectivity index (χ1v) is 9.43. The fraction of sp³-hybridized carbons (Fsp3) is 0.438. The Hall–Kier alpha value is -1.37. The second kappa shape index (κ2) is 7.68. The van der Waals surface area contributed by atoms with Crippen molar-refractivity contribution in [1.82, 2.24) is 14.3 Å². The number of alkyl halides is 1. The Balaban J connectivity index is 1.63. The number of piperazine rings is 1. The van der Waals surface area contributed by atoms with E-state index < -0.39 is 0 Å². The van der Waals surface area contributed by atoms with Crippen LogP contribution in [-0.4, -0.2) is 51.7 Å². The van der Waals surface area contributed by atoms with Gasteiger partial charge in [-0.05, 0) is 24.6 Å². The van der Waals surface area contributed by atoms with E-state index >= 15 is 0 Å². The summed E-state index contributed by atoms with van der Waals surface area (Å²) in [5, 5.41) is 1.63. The topological polar surface area (TPSA) is 49.3 Å². The smallest absolute Gasteiger partial charge is 0.237 e. The fourth-order valence-corrected chi connectivity index (χ4v) is 3.81. The summed E-state index contributed by atoms with van der Waals surface area (Å²) in [7, 11) is 0. The highest BCUT2D eigenvalue weighted by Crippen LogP contribution is 2.23. The minimum Gasteiger partial charge on any atom is -0.343 e. The summed E-state index contributed by atoms with van der Waals surface area (Å²) in [5.41, 5.74) is 1.13. The zero-order valence-corrected chi connectivity index (χ0v) is 15.6. The van der Waals surface area contributed by atoms with Crippen LogP contribution in [0.2, 0.25) is 5.02 Å². The van der Waals surface area contributed by atoms with Crippen molar-refractivity contribution in [3.8, 4) is 0 Å². The average molecular weight is 385 g/mol. The molecule has 2 aromatic rings. The molecule has 1 amide bonds. The summed E-state index contributed by atoms with van der Waals surface area (Å²) in [6.45, 7) is 4.20. The van der Waals surface area contributed by atoms with E-state index in [1.807, 2.05) is 36.1 Å². The highest BCUT2D eigenvalue weighted by Gasteiger charge is 2.28. The van der Waals surface area contributed by atoms with Gasteiger partial charge >= 0.3 is 0 Å². The molecule has 3 rings (SSSR count). The lowest BCUT2D eigenvalue weighted by Crippen LogP contribution is -2.54. The molecule has 1 saturated heterocycles. The van der Waals surface area contributed by atoms with Crippen LogP contribution in [-0.2, 0) is 11.2 Å². The number of anilines is 1. The lowest BCUT2D eigenvalue weighted by molar-refractivity contribution is -0.130. The predicted octanol–water partition coefficient (Wildman–Crippen LogP) is 3.06. The highest BCUT2D eigenvalue weighted by molar-refractivity contribution is 7.09. The normalized spacial score (nSPS) is 18.0. The van der Waals surface area contributed by atoms with Crippen LogP contribution in [0.4, 0.5) is 5.13 Å². The Bertz CT molecular complexity index is 706. The van der Waals surface area contributed by atoms with Gasteiger partial charge < -0.3 is 9.80 Å². The Morgan fingerprint density at radius 2 is 2.08 bits per heavy atom. The standard InChI is InChI=1S/C16H18Cl2N4OS/c1-11-10-21(6-7-22(11)15(23)9-17)16-19-14(20-24-16)8-12-2-4-13(18)5-3-12/h2-5,11H,6-10H2,1H3/t11-/m0/s1. The molecule has 0 aliphatic carbocycles. The van der Waals surface area contributed by atoms with Crippen molar-refractivity contribution in [2.24, 2.45) is 0 Å². The molecule has 1 aromatic heterocycles. The number of hydrogen-bond donors (Lipinski definition) is 0. The van der Waals surface area contributed by atoms with E-state index in [1.165, 1.54) is 11.5 Å². The van der Waals surface area contributed by atoms with E-state index in [9.17, 15) is 4.79 Å². The lowest BCUT2D eigenvalue weighted by Gasteiger charge is -2.39. The van der Waals surface area contributed by atoms with Crippen LogP contribution in [0.5, 0.6) is 0 Å². The molecule has 0 radical (unpaired) electrons. The van der Waals surface area contributed by atoms with E-state index in [1.54, 1.807) is 0 Å². The Morgan fingerprint density at radius 3 is 2.75 bits per heavy atom. The molecule has 0 unspecified atom stereocenters. The quantitative estimate of drug-likeness (QED) is 0.760. The monoisotopic (exact) mass is 384 g/mol. The van der Waals surface area contributed by atoms with Crippen molar-refractivity contribution in [1.29, 1.82) is 0 Å². The molecule has 128 valence electrons. The summed E-state index contributed by atoms with van der Waals surface area (Å²) in [6, 6.07) is 7.84. The van der Waals surface area contributed by atoms with Gasteiger partial charge in [0, 0.05) is 48.7 Å². The van der Waals surface area contributed by atoms with Crippen LogP contribution in [0.25, 0.3) is 0 Å². The highest BCUT2D eigenvalue weighted by atomic mass is 35.5. The molecule has 0 saturated carbocycles. The molecule has 1 aliphatic heterocycles. The summed E-state index contributed by atoms with van der Waals surface area (Å²) in [6.07, 6.45) is 0.688. The molecule has 0 N–H and O–H groups in total. The molecule has 5 nitrogen and oxygen atoms in total. The Morgan fingerprint density at radius 1 is 1.33 bits per heavy atom. The van der Waals surface area contributed by atoms with E-state index in [-0.39, 0.29) is 17.8 Å². The number of nitrogens with zero attached hydrogens (tertiary/aromatic N) is 4. The molecule has 24 heavy (non-hydrogen) atoms. The number of rotatable bonds is 4. The first-order chi connectivity index (χ1) is 11.6. The zero-order chi connectivity index (χ0) is 17.1. The number of aromatic nitrogens is 2. The molecule has 2 heterocycles. The molecule has 1 aliphatic rings. The molecular weight excluding hydrogens is 367 g/mol. The zero-order valence-electron chi connectivity index (χ0n) is 13.3. The van der Waals surface area contributed by atoms with Gasteiger partial charge in [-0.1, -0.05) is 23.7 Å². The number of carbonyl (C=O) groups excluding carboxylic acids is 1. The second-order valence-corrected chi connectivity index (χ2v) is 7.25. The molecule has 0 spiro atoms. The van der Waals surface area contributed by atoms with Crippen molar-refractivity contribution in [2.45, 2.75) is 19.4 Å². The predicted molar refractivity (Wildman–Crippen MR) is 98.3 cm³/mol. The number of benzene rings is 1. The van der Waals surface area contributed by atoms with Gasteiger partial charge in [-0.2, -0.15) is 4.37 Å². The van der Waals surface area contributed by atoms with Gasteiger partial charge in [-0.3, -0.25) is 4.79 Å². The van der Waals surface area contributed by atoms with Gasteiger partial charge in [0.25, 0.3) is 0 Å². The van der Waals surface area contributed by atoms with Crippen LogP contribution in [0, 0.1) is 0 Å². The van der Waals surface area contributed by atoms with Crippen molar-refractivity contribution in [3.63, 3.8) is 0 Å². The molecular formula is C16H18Cl2N4OS. The number of hydrogen-bond acceptors (Lipinski definition) is 5. The van der Waals surface area contributed by atoms with E-state index in [4.69, 9.17) is 23.2 Å². The fourth-order valence-electron chi connectivity index (χ4n) is 2.81. The Kier molecular flexibility index (Phi) is 5.58. The molecule has 1 atom stereocenters. The summed E-state index contributed by atoms with van der Waals surface area (Å²) in [5.74, 6) is 0.836. The van der Waals surface area contributed by atoms with Crippen molar-refractivity contribution >= 4 is 45.8 Å². The first kappa shape index (κ1) is 17.5. The van der Waals surface area contributed by atoms with Crippen LogP contribution in [0.1, 0.15) is 18.3 Å². The third-order valence-corrected chi connectivity index (χ3v) is 5.36. The third-order valence-electron chi connectivity index (χ3n) is 4.07. The summed E-state index contributed by atoms with van der Waals surface area (Å²) in [4.78, 5) is 20.5. The number of carbonyl (C=O) groups is 1.